The van der Waals surface area contributed by atoms with Gasteiger partial charge in [0.2, 0.25) is 0 Å². The molecule has 3 heteroatoms. The lowest BCUT2D eigenvalue weighted by Crippen LogP contribution is -1.95. The van der Waals surface area contributed by atoms with E-state index < -0.39 is 0 Å². The van der Waals surface area contributed by atoms with Crippen molar-refractivity contribution in [1.29, 1.82) is 0 Å². The van der Waals surface area contributed by atoms with E-state index in [1.165, 1.54) is 0 Å². The highest BCUT2D eigenvalue weighted by Gasteiger charge is 2.08. The zero-order valence-corrected chi connectivity index (χ0v) is 10.9. The Hall–Kier alpha value is -2.03. The molecule has 3 nitrogen and oxygen atoms in total. The minimum atomic E-state index is 0.858. The van der Waals surface area contributed by atoms with Gasteiger partial charge in [-0.3, -0.25) is 4.68 Å². The van der Waals surface area contributed by atoms with Crippen LogP contribution in [-0.2, 0) is 6.54 Å². The molecule has 0 saturated heterocycles. The second-order valence-corrected chi connectivity index (χ2v) is 4.16. The van der Waals surface area contributed by atoms with E-state index in [2.05, 4.69) is 24.7 Å². The number of hydrogen-bond acceptors (Lipinski definition) is 2. The Morgan fingerprint density at radius 2 is 2.28 bits per heavy atom. The average molecular weight is 242 g/mol. The van der Waals surface area contributed by atoms with Crippen LogP contribution < -0.4 is 4.74 Å². The highest BCUT2D eigenvalue weighted by molar-refractivity contribution is 5.72. The summed E-state index contributed by atoms with van der Waals surface area (Å²) in [5.74, 6) is 0.858. The number of methoxy groups -OCH3 is 1. The molecule has 18 heavy (non-hydrogen) atoms. The van der Waals surface area contributed by atoms with Crippen LogP contribution in [0.3, 0.4) is 0 Å². The summed E-state index contributed by atoms with van der Waals surface area (Å²) in [6, 6.07) is 6.02. The van der Waals surface area contributed by atoms with Crippen LogP contribution in [0, 0.1) is 0 Å². The van der Waals surface area contributed by atoms with Crippen molar-refractivity contribution in [1.82, 2.24) is 9.78 Å². The Balaban J connectivity index is 2.43. The SMILES string of the molecule is C=Cc1ccc(OC)c(-c2cnn(CCC)c2)c1. The molecule has 0 unspecified atom stereocenters. The molecule has 1 aromatic heterocycles. The Morgan fingerprint density at radius 3 is 2.94 bits per heavy atom. The number of aromatic nitrogens is 2. The highest BCUT2D eigenvalue weighted by Crippen LogP contribution is 2.30. The summed E-state index contributed by atoms with van der Waals surface area (Å²) < 4.78 is 7.35. The van der Waals surface area contributed by atoms with Crippen LogP contribution in [0.1, 0.15) is 18.9 Å². The van der Waals surface area contributed by atoms with Crippen molar-refractivity contribution in [2.75, 3.05) is 7.11 Å². The van der Waals surface area contributed by atoms with Crippen LogP contribution in [0.15, 0.2) is 37.2 Å². The lowest BCUT2D eigenvalue weighted by molar-refractivity contribution is 0.416. The Morgan fingerprint density at radius 1 is 1.44 bits per heavy atom. The van der Waals surface area contributed by atoms with E-state index in [-0.39, 0.29) is 0 Å². The van der Waals surface area contributed by atoms with Crippen LogP contribution in [0.2, 0.25) is 0 Å². The van der Waals surface area contributed by atoms with E-state index in [4.69, 9.17) is 4.74 Å². The minimum absolute atomic E-state index is 0.858. The standard InChI is InChI=1S/C15H18N2O/c1-4-8-17-11-13(10-16-17)14-9-12(5-2)6-7-15(14)18-3/h5-7,9-11H,2,4,8H2,1,3H3. The zero-order chi connectivity index (χ0) is 13.0. The largest absolute Gasteiger partial charge is 0.496 e. The predicted molar refractivity (Wildman–Crippen MR) is 74.6 cm³/mol. The summed E-state index contributed by atoms with van der Waals surface area (Å²) in [6.07, 6.45) is 6.83. The first-order chi connectivity index (χ1) is 8.78. The molecule has 0 fully saturated rings. The molecule has 2 aromatic rings. The lowest BCUT2D eigenvalue weighted by atomic mass is 10.0. The monoisotopic (exact) mass is 242 g/mol. The van der Waals surface area contributed by atoms with E-state index in [0.717, 1.165) is 35.4 Å². The van der Waals surface area contributed by atoms with Crippen molar-refractivity contribution in [2.24, 2.45) is 0 Å². The molecule has 2 rings (SSSR count). The van der Waals surface area contributed by atoms with Crippen LogP contribution in [0.5, 0.6) is 5.75 Å². The number of hydrogen-bond donors (Lipinski definition) is 0. The molecule has 0 atom stereocenters. The van der Waals surface area contributed by atoms with Crippen molar-refractivity contribution < 1.29 is 4.74 Å². The van der Waals surface area contributed by atoms with Gasteiger partial charge >= 0.3 is 0 Å². The maximum absolute atomic E-state index is 5.40. The molecule has 0 radical (unpaired) electrons. The minimum Gasteiger partial charge on any atom is -0.496 e. The number of nitrogens with zero attached hydrogens (tertiary/aromatic N) is 2. The second kappa shape index (κ2) is 5.54. The fraction of sp³-hybridized carbons (Fsp3) is 0.267. The first kappa shape index (κ1) is 12.4. The number of rotatable bonds is 5. The third-order valence-corrected chi connectivity index (χ3v) is 2.86. The predicted octanol–water partition coefficient (Wildman–Crippen LogP) is 3.61. The molecule has 0 saturated carbocycles. The zero-order valence-electron chi connectivity index (χ0n) is 10.9. The summed E-state index contributed by atoms with van der Waals surface area (Å²) in [6.45, 7) is 6.87. The topological polar surface area (TPSA) is 27.1 Å². The molecule has 0 spiro atoms. The smallest absolute Gasteiger partial charge is 0.126 e. The Kier molecular flexibility index (Phi) is 3.82. The van der Waals surface area contributed by atoms with Crippen molar-refractivity contribution in [3.8, 4) is 16.9 Å². The molecule has 0 aliphatic rings. The second-order valence-electron chi connectivity index (χ2n) is 4.16. The fourth-order valence-electron chi connectivity index (χ4n) is 1.93. The van der Waals surface area contributed by atoms with E-state index in [0.29, 0.717) is 0 Å². The Labute approximate surface area is 108 Å². The van der Waals surface area contributed by atoms with Gasteiger partial charge in [0.05, 0.1) is 13.3 Å². The van der Waals surface area contributed by atoms with Crippen molar-refractivity contribution in [2.45, 2.75) is 19.9 Å². The molecule has 0 aliphatic carbocycles. The first-order valence-electron chi connectivity index (χ1n) is 6.11. The van der Waals surface area contributed by atoms with Crippen LogP contribution in [0.25, 0.3) is 17.2 Å². The molecule has 1 aromatic carbocycles. The highest BCUT2D eigenvalue weighted by atomic mass is 16.5. The van der Waals surface area contributed by atoms with Crippen molar-refractivity contribution in [3.63, 3.8) is 0 Å². The van der Waals surface area contributed by atoms with Crippen LogP contribution in [0.4, 0.5) is 0 Å². The molecule has 0 amide bonds. The van der Waals surface area contributed by atoms with Gasteiger partial charge in [0, 0.05) is 23.9 Å². The van der Waals surface area contributed by atoms with Gasteiger partial charge in [-0.25, -0.2) is 0 Å². The van der Waals surface area contributed by atoms with Gasteiger partial charge < -0.3 is 4.74 Å². The molecule has 0 aliphatic heterocycles. The molecule has 1 heterocycles. The first-order valence-corrected chi connectivity index (χ1v) is 6.11. The van der Waals surface area contributed by atoms with Crippen molar-refractivity contribution >= 4 is 6.08 Å². The number of ether oxygens (including phenoxy) is 1. The van der Waals surface area contributed by atoms with Gasteiger partial charge in [-0.1, -0.05) is 25.6 Å². The molecular weight excluding hydrogens is 224 g/mol. The quantitative estimate of drug-likeness (QED) is 0.800. The van der Waals surface area contributed by atoms with E-state index in [9.17, 15) is 0 Å². The van der Waals surface area contributed by atoms with Crippen LogP contribution >= 0.6 is 0 Å². The van der Waals surface area contributed by atoms with E-state index in [1.807, 2.05) is 35.3 Å². The van der Waals surface area contributed by atoms with Gasteiger partial charge in [-0.2, -0.15) is 5.10 Å². The Bertz CT molecular complexity index is 543. The third kappa shape index (κ3) is 2.45. The van der Waals surface area contributed by atoms with Crippen molar-refractivity contribution in [3.05, 3.63) is 42.7 Å². The lowest BCUT2D eigenvalue weighted by Gasteiger charge is -2.07. The summed E-state index contributed by atoms with van der Waals surface area (Å²) in [7, 11) is 1.68. The maximum atomic E-state index is 5.40. The van der Waals surface area contributed by atoms with Gasteiger partial charge in [0.25, 0.3) is 0 Å². The summed E-state index contributed by atoms with van der Waals surface area (Å²) in [5.41, 5.74) is 3.20. The molecular formula is C15H18N2O. The van der Waals surface area contributed by atoms with Crippen LogP contribution in [-0.4, -0.2) is 16.9 Å². The molecule has 0 N–H and O–H groups in total. The number of benzene rings is 1. The third-order valence-electron chi connectivity index (χ3n) is 2.86. The van der Waals surface area contributed by atoms with E-state index in [1.54, 1.807) is 7.11 Å². The van der Waals surface area contributed by atoms with Gasteiger partial charge in [-0.05, 0) is 24.1 Å². The van der Waals surface area contributed by atoms with Gasteiger partial charge in [0.1, 0.15) is 5.75 Å². The van der Waals surface area contributed by atoms with E-state index >= 15 is 0 Å². The number of aryl methyl sites for hydroxylation is 1. The summed E-state index contributed by atoms with van der Waals surface area (Å²) in [4.78, 5) is 0. The molecule has 94 valence electrons. The molecule has 0 bridgehead atoms. The normalized spacial score (nSPS) is 10.3. The summed E-state index contributed by atoms with van der Waals surface area (Å²) in [5, 5.41) is 4.35. The average Bonchev–Trinajstić information content (AvgIpc) is 2.87. The fourth-order valence-corrected chi connectivity index (χ4v) is 1.93. The van der Waals surface area contributed by atoms with Gasteiger partial charge in [-0.15, -0.1) is 0 Å². The van der Waals surface area contributed by atoms with Gasteiger partial charge in [0.15, 0.2) is 0 Å². The maximum Gasteiger partial charge on any atom is 0.126 e. The summed E-state index contributed by atoms with van der Waals surface area (Å²) >= 11 is 0.